The van der Waals surface area contributed by atoms with Gasteiger partial charge in [0.15, 0.2) is 0 Å². The number of rotatable bonds is 4. The predicted molar refractivity (Wildman–Crippen MR) is 102 cm³/mol. The Morgan fingerprint density at radius 1 is 1.27 bits per heavy atom. The zero-order chi connectivity index (χ0) is 17.9. The molecule has 0 aliphatic carbocycles. The number of aromatic nitrogens is 4. The highest BCUT2D eigenvalue weighted by atomic mass is 32.1. The summed E-state index contributed by atoms with van der Waals surface area (Å²) in [7, 11) is 0. The number of fused-ring (bicyclic) bond motifs is 1. The first-order valence-corrected chi connectivity index (χ1v) is 9.61. The van der Waals surface area contributed by atoms with Crippen LogP contribution in [-0.2, 0) is 6.42 Å². The van der Waals surface area contributed by atoms with Gasteiger partial charge in [0.05, 0.1) is 11.6 Å². The number of anilines is 1. The second-order valence-electron chi connectivity index (χ2n) is 6.31. The fraction of sp³-hybridized carbons (Fsp3) is 0.389. The van der Waals surface area contributed by atoms with Crippen molar-refractivity contribution in [3.8, 4) is 0 Å². The van der Waals surface area contributed by atoms with Gasteiger partial charge in [-0.1, -0.05) is 6.92 Å². The Hall–Kier alpha value is -2.61. The van der Waals surface area contributed by atoms with Crippen LogP contribution in [0.5, 0.6) is 0 Å². The summed E-state index contributed by atoms with van der Waals surface area (Å²) >= 11 is 1.73. The molecule has 1 fully saturated rings. The summed E-state index contributed by atoms with van der Waals surface area (Å²) in [6.07, 6.45) is 9.00. The van der Waals surface area contributed by atoms with Crippen LogP contribution in [0.3, 0.4) is 0 Å². The Labute approximate surface area is 155 Å². The Balaban J connectivity index is 1.42. The maximum Gasteiger partial charge on any atom is 0.271 e. The van der Waals surface area contributed by atoms with Crippen LogP contribution in [0.1, 0.15) is 35.1 Å². The van der Waals surface area contributed by atoms with Crippen LogP contribution in [0.25, 0.3) is 10.2 Å². The molecule has 4 rings (SSSR count). The molecule has 4 heterocycles. The van der Waals surface area contributed by atoms with Crippen LogP contribution in [0.2, 0.25) is 0 Å². The van der Waals surface area contributed by atoms with Crippen molar-refractivity contribution >= 4 is 33.3 Å². The molecule has 0 unspecified atom stereocenters. The Bertz CT molecular complexity index is 904. The Kier molecular flexibility index (Phi) is 4.75. The van der Waals surface area contributed by atoms with Gasteiger partial charge >= 0.3 is 0 Å². The Morgan fingerprint density at radius 3 is 2.85 bits per heavy atom. The van der Waals surface area contributed by atoms with E-state index < -0.39 is 0 Å². The molecule has 0 spiro atoms. The van der Waals surface area contributed by atoms with E-state index in [0.29, 0.717) is 5.69 Å². The molecule has 3 aromatic heterocycles. The van der Waals surface area contributed by atoms with Gasteiger partial charge in [-0.05, 0) is 25.3 Å². The molecular formula is C18H20N6OS. The lowest BCUT2D eigenvalue weighted by Crippen LogP contribution is -2.45. The quantitative estimate of drug-likeness (QED) is 0.761. The summed E-state index contributed by atoms with van der Waals surface area (Å²) in [5.74, 6) is 0.844. The largest absolute Gasteiger partial charge is 0.356 e. The summed E-state index contributed by atoms with van der Waals surface area (Å²) in [5, 5.41) is 4.19. The minimum absolute atomic E-state index is 0.145. The van der Waals surface area contributed by atoms with E-state index in [4.69, 9.17) is 0 Å². The number of thiophene rings is 1. The van der Waals surface area contributed by atoms with Crippen LogP contribution < -0.4 is 10.2 Å². The number of hydrogen-bond donors (Lipinski definition) is 1. The van der Waals surface area contributed by atoms with Crippen LogP contribution in [0.4, 0.5) is 5.82 Å². The third-order valence-electron chi connectivity index (χ3n) is 4.63. The van der Waals surface area contributed by atoms with E-state index in [0.717, 1.165) is 48.4 Å². The van der Waals surface area contributed by atoms with E-state index in [2.05, 4.69) is 43.1 Å². The number of nitrogens with zero attached hydrogens (tertiary/aromatic N) is 5. The van der Waals surface area contributed by atoms with Gasteiger partial charge in [-0.25, -0.2) is 15.0 Å². The SMILES string of the molecule is CCc1cc2c(N3CCC(NC(=O)c4cnccn4)CC3)ncnc2s1. The highest BCUT2D eigenvalue weighted by Gasteiger charge is 2.24. The van der Waals surface area contributed by atoms with Gasteiger partial charge in [-0.3, -0.25) is 9.78 Å². The van der Waals surface area contributed by atoms with E-state index in [9.17, 15) is 4.79 Å². The average molecular weight is 368 g/mol. The van der Waals surface area contributed by atoms with Crippen molar-refractivity contribution in [2.75, 3.05) is 18.0 Å². The van der Waals surface area contributed by atoms with E-state index in [1.807, 2.05) is 0 Å². The molecule has 1 saturated heterocycles. The molecule has 1 aliphatic heterocycles. The van der Waals surface area contributed by atoms with Crippen LogP contribution in [0, 0.1) is 0 Å². The summed E-state index contributed by atoms with van der Waals surface area (Å²) in [4.78, 5) is 33.8. The van der Waals surface area contributed by atoms with Crippen molar-refractivity contribution < 1.29 is 4.79 Å². The molecule has 0 atom stereocenters. The number of nitrogens with one attached hydrogen (secondary N) is 1. The highest BCUT2D eigenvalue weighted by Crippen LogP contribution is 2.31. The lowest BCUT2D eigenvalue weighted by atomic mass is 10.0. The molecule has 134 valence electrons. The summed E-state index contributed by atoms with van der Waals surface area (Å²) in [5.41, 5.74) is 0.359. The second-order valence-corrected chi connectivity index (χ2v) is 7.42. The molecule has 0 bridgehead atoms. The summed E-state index contributed by atoms with van der Waals surface area (Å²) in [6, 6.07) is 2.35. The molecule has 8 heteroatoms. The van der Waals surface area contributed by atoms with Crippen LogP contribution in [0.15, 0.2) is 31.0 Å². The lowest BCUT2D eigenvalue weighted by molar-refractivity contribution is 0.0925. The first-order chi connectivity index (χ1) is 12.7. The van der Waals surface area contributed by atoms with E-state index in [1.54, 1.807) is 23.9 Å². The standard InChI is InChI=1S/C18H20N6OS/c1-2-13-9-14-16(21-11-22-18(14)26-13)24-7-3-12(4-8-24)23-17(25)15-10-19-5-6-20-15/h5-6,9-12H,2-4,7-8H2,1H3,(H,23,25). The van der Waals surface area contributed by atoms with Crippen LogP contribution in [-0.4, -0.2) is 45.0 Å². The van der Waals surface area contributed by atoms with Crippen molar-refractivity contribution in [1.29, 1.82) is 0 Å². The van der Waals surface area contributed by atoms with Gasteiger partial charge in [0.2, 0.25) is 0 Å². The first kappa shape index (κ1) is 16.8. The topological polar surface area (TPSA) is 83.9 Å². The van der Waals surface area contributed by atoms with Gasteiger partial charge in [-0.2, -0.15) is 0 Å². The second kappa shape index (κ2) is 7.33. The third kappa shape index (κ3) is 3.37. The fourth-order valence-electron chi connectivity index (χ4n) is 3.23. The molecule has 0 aromatic carbocycles. The van der Waals surface area contributed by atoms with Crippen molar-refractivity contribution in [2.24, 2.45) is 0 Å². The third-order valence-corrected chi connectivity index (χ3v) is 5.82. The van der Waals surface area contributed by atoms with Gasteiger partial charge < -0.3 is 10.2 Å². The van der Waals surface area contributed by atoms with Gasteiger partial charge in [0, 0.05) is 36.4 Å². The van der Waals surface area contributed by atoms with Gasteiger partial charge in [-0.15, -0.1) is 11.3 Å². The van der Waals surface area contributed by atoms with Crippen molar-refractivity contribution in [2.45, 2.75) is 32.2 Å². The minimum Gasteiger partial charge on any atom is -0.356 e. The number of hydrogen-bond acceptors (Lipinski definition) is 7. The van der Waals surface area contributed by atoms with Gasteiger partial charge in [0.1, 0.15) is 22.7 Å². The number of carbonyl (C=O) groups is 1. The summed E-state index contributed by atoms with van der Waals surface area (Å²) in [6.45, 7) is 3.87. The minimum atomic E-state index is -0.161. The smallest absolute Gasteiger partial charge is 0.271 e. The number of amides is 1. The molecule has 0 saturated carbocycles. The van der Waals surface area contributed by atoms with Crippen molar-refractivity contribution in [3.63, 3.8) is 0 Å². The van der Waals surface area contributed by atoms with Gasteiger partial charge in [0.25, 0.3) is 5.91 Å². The first-order valence-electron chi connectivity index (χ1n) is 8.80. The highest BCUT2D eigenvalue weighted by molar-refractivity contribution is 7.18. The predicted octanol–water partition coefficient (Wildman–Crippen LogP) is 2.44. The van der Waals surface area contributed by atoms with E-state index >= 15 is 0 Å². The zero-order valence-corrected chi connectivity index (χ0v) is 15.4. The monoisotopic (exact) mass is 368 g/mol. The van der Waals surface area contributed by atoms with Crippen LogP contribution >= 0.6 is 11.3 Å². The van der Waals surface area contributed by atoms with E-state index in [1.165, 1.54) is 17.3 Å². The average Bonchev–Trinajstić information content (AvgIpc) is 3.13. The molecule has 26 heavy (non-hydrogen) atoms. The zero-order valence-electron chi connectivity index (χ0n) is 14.6. The molecule has 1 amide bonds. The van der Waals surface area contributed by atoms with Crippen molar-refractivity contribution in [3.05, 3.63) is 41.6 Å². The fourth-order valence-corrected chi connectivity index (χ4v) is 4.16. The number of aryl methyl sites for hydroxylation is 1. The van der Waals surface area contributed by atoms with Crippen molar-refractivity contribution in [1.82, 2.24) is 25.3 Å². The molecule has 1 aliphatic rings. The maximum atomic E-state index is 12.2. The molecule has 0 radical (unpaired) electrons. The number of carbonyl (C=O) groups excluding carboxylic acids is 1. The molecular weight excluding hydrogens is 348 g/mol. The van der Waals surface area contributed by atoms with E-state index in [-0.39, 0.29) is 11.9 Å². The lowest BCUT2D eigenvalue weighted by Gasteiger charge is -2.33. The molecule has 3 aromatic rings. The summed E-state index contributed by atoms with van der Waals surface area (Å²) < 4.78 is 0. The number of piperidine rings is 1. The molecule has 7 nitrogen and oxygen atoms in total. The Morgan fingerprint density at radius 2 is 2.12 bits per heavy atom. The normalized spacial score (nSPS) is 15.3. The maximum absolute atomic E-state index is 12.2. The molecule has 1 N–H and O–H groups in total.